The van der Waals surface area contributed by atoms with Gasteiger partial charge in [0.25, 0.3) is 0 Å². The summed E-state index contributed by atoms with van der Waals surface area (Å²) in [6.07, 6.45) is 56.6. The lowest BCUT2D eigenvalue weighted by Crippen LogP contribution is -2.30. The van der Waals surface area contributed by atoms with Crippen LogP contribution in [-0.4, -0.2) is 37.2 Å². The highest BCUT2D eigenvalue weighted by Gasteiger charge is 2.19. The minimum Gasteiger partial charge on any atom is -0.462 e. The summed E-state index contributed by atoms with van der Waals surface area (Å²) in [7, 11) is 0. The lowest BCUT2D eigenvalue weighted by molar-refractivity contribution is -0.167. The van der Waals surface area contributed by atoms with Gasteiger partial charge in [-0.3, -0.25) is 14.4 Å². The Bertz CT molecular complexity index is 920. The standard InChI is InChI=1S/C56H108O6/c1-4-7-10-13-16-19-22-24-26-27-28-30-31-34-37-40-43-46-49-55(58)61-52-53(51-60-54(57)48-45-42-39-36-33-21-18-15-12-9-6-3)62-56(59)50-47-44-41-38-35-32-29-25-23-20-17-14-11-8-5-2/h53H,4-52H2,1-3H3/t53-/m1/s1. The zero-order valence-electron chi connectivity index (χ0n) is 42.2. The maximum absolute atomic E-state index is 12.8. The van der Waals surface area contributed by atoms with Gasteiger partial charge in [0, 0.05) is 19.3 Å². The van der Waals surface area contributed by atoms with E-state index in [0.29, 0.717) is 19.3 Å². The number of carbonyl (C=O) groups excluding carboxylic acids is 3. The Hall–Kier alpha value is -1.59. The first kappa shape index (κ1) is 60.4. The highest BCUT2D eigenvalue weighted by molar-refractivity contribution is 5.71. The van der Waals surface area contributed by atoms with Crippen molar-refractivity contribution in [3.05, 3.63) is 0 Å². The van der Waals surface area contributed by atoms with E-state index in [2.05, 4.69) is 20.8 Å². The SMILES string of the molecule is CCCCCCCCCCCCCCCCCCCCC(=O)OC[C@@H](COC(=O)CCCCCCCCCCCCC)OC(=O)CCCCCCCCCCCCCCCCC. The van der Waals surface area contributed by atoms with Crippen LogP contribution >= 0.6 is 0 Å². The molecule has 0 saturated carbocycles. The van der Waals surface area contributed by atoms with Gasteiger partial charge in [-0.05, 0) is 19.3 Å². The molecule has 0 aromatic rings. The molecule has 0 aliphatic carbocycles. The van der Waals surface area contributed by atoms with Crippen LogP contribution in [0.5, 0.6) is 0 Å². The third kappa shape index (κ3) is 49.4. The molecular weight excluding hydrogens is 769 g/mol. The smallest absolute Gasteiger partial charge is 0.306 e. The van der Waals surface area contributed by atoms with E-state index >= 15 is 0 Å². The second-order valence-corrected chi connectivity index (χ2v) is 19.2. The first-order chi connectivity index (χ1) is 30.5. The van der Waals surface area contributed by atoms with Crippen LogP contribution in [0.15, 0.2) is 0 Å². The number of rotatable bonds is 52. The lowest BCUT2D eigenvalue weighted by Gasteiger charge is -2.18. The van der Waals surface area contributed by atoms with Crippen molar-refractivity contribution in [3.8, 4) is 0 Å². The molecule has 0 amide bonds. The van der Waals surface area contributed by atoms with E-state index < -0.39 is 6.10 Å². The fourth-order valence-corrected chi connectivity index (χ4v) is 8.62. The molecule has 6 nitrogen and oxygen atoms in total. The number of carbonyl (C=O) groups is 3. The van der Waals surface area contributed by atoms with Crippen LogP contribution in [0.1, 0.15) is 323 Å². The number of ether oxygens (including phenoxy) is 3. The molecule has 0 unspecified atom stereocenters. The van der Waals surface area contributed by atoms with Gasteiger partial charge >= 0.3 is 17.9 Å². The summed E-state index contributed by atoms with van der Waals surface area (Å²) in [5, 5.41) is 0. The molecule has 62 heavy (non-hydrogen) atoms. The van der Waals surface area contributed by atoms with Crippen LogP contribution in [0.4, 0.5) is 0 Å². The number of esters is 3. The third-order valence-corrected chi connectivity index (χ3v) is 12.9. The molecule has 0 heterocycles. The van der Waals surface area contributed by atoms with Crippen LogP contribution < -0.4 is 0 Å². The van der Waals surface area contributed by atoms with Crippen LogP contribution in [-0.2, 0) is 28.6 Å². The predicted molar refractivity (Wildman–Crippen MR) is 266 cm³/mol. The van der Waals surface area contributed by atoms with Crippen molar-refractivity contribution in [1.29, 1.82) is 0 Å². The van der Waals surface area contributed by atoms with Gasteiger partial charge in [0.1, 0.15) is 13.2 Å². The normalized spacial score (nSPS) is 11.9. The fourth-order valence-electron chi connectivity index (χ4n) is 8.62. The second kappa shape index (κ2) is 52.0. The van der Waals surface area contributed by atoms with Gasteiger partial charge in [-0.15, -0.1) is 0 Å². The molecule has 0 N–H and O–H groups in total. The number of hydrogen-bond acceptors (Lipinski definition) is 6. The van der Waals surface area contributed by atoms with Crippen LogP contribution in [0.25, 0.3) is 0 Å². The van der Waals surface area contributed by atoms with Crippen molar-refractivity contribution in [2.45, 2.75) is 329 Å². The Morgan fingerprint density at radius 1 is 0.258 bits per heavy atom. The molecular formula is C56H108O6. The van der Waals surface area contributed by atoms with E-state index in [4.69, 9.17) is 14.2 Å². The van der Waals surface area contributed by atoms with Gasteiger partial charge < -0.3 is 14.2 Å². The van der Waals surface area contributed by atoms with E-state index in [1.807, 2.05) is 0 Å². The Morgan fingerprint density at radius 3 is 0.645 bits per heavy atom. The molecule has 368 valence electrons. The Kier molecular flexibility index (Phi) is 50.7. The summed E-state index contributed by atoms with van der Waals surface area (Å²) >= 11 is 0. The number of hydrogen-bond donors (Lipinski definition) is 0. The molecule has 0 radical (unpaired) electrons. The summed E-state index contributed by atoms with van der Waals surface area (Å²) in [5.41, 5.74) is 0. The van der Waals surface area contributed by atoms with Gasteiger partial charge in [-0.2, -0.15) is 0 Å². The molecule has 0 rings (SSSR count). The quantitative estimate of drug-likeness (QED) is 0.0344. The highest BCUT2D eigenvalue weighted by Crippen LogP contribution is 2.17. The first-order valence-corrected chi connectivity index (χ1v) is 28.0. The Labute approximate surface area is 387 Å². The van der Waals surface area contributed by atoms with Crippen LogP contribution in [0, 0.1) is 0 Å². The zero-order chi connectivity index (χ0) is 45.1. The molecule has 0 saturated heterocycles. The van der Waals surface area contributed by atoms with Crippen molar-refractivity contribution in [3.63, 3.8) is 0 Å². The zero-order valence-corrected chi connectivity index (χ0v) is 42.2. The Morgan fingerprint density at radius 2 is 0.435 bits per heavy atom. The lowest BCUT2D eigenvalue weighted by atomic mass is 10.0. The van der Waals surface area contributed by atoms with Crippen LogP contribution in [0.3, 0.4) is 0 Å². The molecule has 0 aromatic carbocycles. The average Bonchev–Trinajstić information content (AvgIpc) is 3.27. The Balaban J connectivity index is 4.25. The minimum atomic E-state index is -0.760. The monoisotopic (exact) mass is 877 g/mol. The van der Waals surface area contributed by atoms with Crippen molar-refractivity contribution in [2.75, 3.05) is 13.2 Å². The van der Waals surface area contributed by atoms with Gasteiger partial charge in [0.2, 0.25) is 0 Å². The molecule has 0 bridgehead atoms. The van der Waals surface area contributed by atoms with E-state index in [9.17, 15) is 14.4 Å². The van der Waals surface area contributed by atoms with Gasteiger partial charge in [-0.25, -0.2) is 0 Å². The van der Waals surface area contributed by atoms with E-state index in [1.165, 1.54) is 225 Å². The maximum atomic E-state index is 12.8. The molecule has 1 atom stereocenters. The van der Waals surface area contributed by atoms with E-state index in [0.717, 1.165) is 57.8 Å². The highest BCUT2D eigenvalue weighted by atomic mass is 16.6. The van der Waals surface area contributed by atoms with E-state index in [1.54, 1.807) is 0 Å². The minimum absolute atomic E-state index is 0.0613. The predicted octanol–water partition coefficient (Wildman–Crippen LogP) is 18.4. The summed E-state index contributed by atoms with van der Waals surface area (Å²) < 4.78 is 16.8. The van der Waals surface area contributed by atoms with Crippen molar-refractivity contribution < 1.29 is 28.6 Å². The summed E-state index contributed by atoms with van der Waals surface area (Å²) in [5.74, 6) is -0.836. The third-order valence-electron chi connectivity index (χ3n) is 12.9. The van der Waals surface area contributed by atoms with Gasteiger partial charge in [-0.1, -0.05) is 284 Å². The van der Waals surface area contributed by atoms with E-state index in [-0.39, 0.29) is 31.1 Å². The van der Waals surface area contributed by atoms with Crippen LogP contribution in [0.2, 0.25) is 0 Å². The molecule has 0 spiro atoms. The summed E-state index contributed by atoms with van der Waals surface area (Å²) in [6.45, 7) is 6.69. The topological polar surface area (TPSA) is 78.9 Å². The van der Waals surface area contributed by atoms with Crippen molar-refractivity contribution in [1.82, 2.24) is 0 Å². The largest absolute Gasteiger partial charge is 0.462 e. The van der Waals surface area contributed by atoms with Gasteiger partial charge in [0.15, 0.2) is 6.10 Å². The fraction of sp³-hybridized carbons (Fsp3) is 0.946. The molecule has 0 aliphatic heterocycles. The summed E-state index contributed by atoms with van der Waals surface area (Å²) in [6, 6.07) is 0. The molecule has 0 aromatic heterocycles. The molecule has 6 heteroatoms. The second-order valence-electron chi connectivity index (χ2n) is 19.2. The number of unbranched alkanes of at least 4 members (excludes halogenated alkanes) is 41. The maximum Gasteiger partial charge on any atom is 0.306 e. The molecule has 0 aliphatic rings. The van der Waals surface area contributed by atoms with Crippen molar-refractivity contribution >= 4 is 17.9 Å². The summed E-state index contributed by atoms with van der Waals surface area (Å²) in [4.78, 5) is 38.0. The molecule has 0 fully saturated rings. The average molecular weight is 877 g/mol. The van der Waals surface area contributed by atoms with Gasteiger partial charge in [0.05, 0.1) is 0 Å². The first-order valence-electron chi connectivity index (χ1n) is 28.0. The van der Waals surface area contributed by atoms with Crippen molar-refractivity contribution in [2.24, 2.45) is 0 Å².